The number of H-pyrrole nitrogens is 1. The zero-order chi connectivity index (χ0) is 15.3. The monoisotopic (exact) mass is 308 g/mol. The van der Waals surface area contributed by atoms with Crippen molar-refractivity contribution in [3.8, 4) is 11.4 Å². The van der Waals surface area contributed by atoms with Gasteiger partial charge in [0.1, 0.15) is 17.2 Å². The molecular weight excluding hydrogens is 299 g/mol. The van der Waals surface area contributed by atoms with Crippen molar-refractivity contribution in [3.05, 3.63) is 49.9 Å². The van der Waals surface area contributed by atoms with Crippen LogP contribution in [0.3, 0.4) is 0 Å². The highest BCUT2D eigenvalue weighted by molar-refractivity contribution is 6.30. The van der Waals surface area contributed by atoms with Gasteiger partial charge in [0.2, 0.25) is 0 Å². The average Bonchev–Trinajstić information content (AvgIpc) is 2.90. The average molecular weight is 309 g/mol. The first kappa shape index (κ1) is 13.6. The number of aromatic nitrogens is 4. The molecule has 0 spiro atoms. The lowest BCUT2D eigenvalue weighted by Crippen LogP contribution is -2.36. The molecular formula is C13H10ClFN4O2. The van der Waals surface area contributed by atoms with Crippen LogP contribution in [-0.4, -0.2) is 19.1 Å². The van der Waals surface area contributed by atoms with Crippen LogP contribution >= 0.6 is 11.6 Å². The second-order valence-corrected chi connectivity index (χ2v) is 5.05. The number of rotatable bonds is 1. The van der Waals surface area contributed by atoms with Crippen molar-refractivity contribution < 1.29 is 4.39 Å². The fourth-order valence-electron chi connectivity index (χ4n) is 2.13. The zero-order valence-corrected chi connectivity index (χ0v) is 11.9. The van der Waals surface area contributed by atoms with Crippen molar-refractivity contribution in [1.82, 2.24) is 19.1 Å². The standard InChI is InChI=1S/C13H10ClFN4O2/c1-18-11-9(12(20)19(2)13(18)21)16-10(17-11)7-5-6(14)3-4-8(7)15/h3-5H,1-2H3,(H,16,17). The Labute approximate surface area is 122 Å². The van der Waals surface area contributed by atoms with Crippen LogP contribution in [0.15, 0.2) is 27.8 Å². The molecule has 21 heavy (non-hydrogen) atoms. The number of aryl methyl sites for hydroxylation is 1. The second kappa shape index (κ2) is 4.56. The van der Waals surface area contributed by atoms with Crippen LogP contribution in [0.1, 0.15) is 0 Å². The third-order valence-corrected chi connectivity index (χ3v) is 3.51. The predicted octanol–water partition coefficient (Wildman–Crippen LogP) is 1.42. The summed E-state index contributed by atoms with van der Waals surface area (Å²) < 4.78 is 16.1. The van der Waals surface area contributed by atoms with Gasteiger partial charge in [-0.05, 0) is 18.2 Å². The van der Waals surface area contributed by atoms with E-state index >= 15 is 0 Å². The molecule has 0 amide bonds. The van der Waals surface area contributed by atoms with Gasteiger partial charge in [0, 0.05) is 19.1 Å². The van der Waals surface area contributed by atoms with E-state index in [1.165, 1.54) is 36.9 Å². The van der Waals surface area contributed by atoms with Crippen molar-refractivity contribution in [2.75, 3.05) is 0 Å². The van der Waals surface area contributed by atoms with Crippen LogP contribution in [0.25, 0.3) is 22.6 Å². The molecule has 0 radical (unpaired) electrons. The Kier molecular flexibility index (Phi) is 2.94. The Balaban J connectivity index is 2.40. The summed E-state index contributed by atoms with van der Waals surface area (Å²) in [5.41, 5.74) is -0.592. The molecule has 0 aliphatic carbocycles. The summed E-state index contributed by atoms with van der Waals surface area (Å²) in [6.07, 6.45) is 0. The Hall–Kier alpha value is -2.41. The van der Waals surface area contributed by atoms with Crippen LogP contribution < -0.4 is 11.2 Å². The summed E-state index contributed by atoms with van der Waals surface area (Å²) in [5.74, 6) is -0.386. The topological polar surface area (TPSA) is 72.7 Å². The minimum atomic E-state index is -0.528. The van der Waals surface area contributed by atoms with Crippen LogP contribution in [0.2, 0.25) is 5.02 Å². The number of aromatic amines is 1. The van der Waals surface area contributed by atoms with E-state index in [0.29, 0.717) is 5.02 Å². The maximum absolute atomic E-state index is 13.9. The third-order valence-electron chi connectivity index (χ3n) is 3.28. The number of nitrogens with zero attached hydrogens (tertiary/aromatic N) is 3. The van der Waals surface area contributed by atoms with Crippen molar-refractivity contribution in [1.29, 1.82) is 0 Å². The summed E-state index contributed by atoms with van der Waals surface area (Å²) >= 11 is 5.85. The minimum Gasteiger partial charge on any atom is -0.332 e. The molecule has 1 N–H and O–H groups in total. The highest BCUT2D eigenvalue weighted by atomic mass is 35.5. The summed E-state index contributed by atoms with van der Waals surface area (Å²) in [6.45, 7) is 0. The van der Waals surface area contributed by atoms with Crippen LogP contribution in [0, 0.1) is 5.82 Å². The Morgan fingerprint density at radius 2 is 1.95 bits per heavy atom. The van der Waals surface area contributed by atoms with Crippen molar-refractivity contribution in [3.63, 3.8) is 0 Å². The molecule has 0 aliphatic heterocycles. The van der Waals surface area contributed by atoms with Gasteiger partial charge in [-0.1, -0.05) is 11.6 Å². The van der Waals surface area contributed by atoms with Crippen molar-refractivity contribution in [2.24, 2.45) is 14.1 Å². The first-order chi connectivity index (χ1) is 9.90. The fourth-order valence-corrected chi connectivity index (χ4v) is 2.30. The number of hydrogen-bond acceptors (Lipinski definition) is 3. The lowest BCUT2D eigenvalue weighted by molar-refractivity contribution is 0.630. The number of halogens is 2. The first-order valence-corrected chi connectivity index (χ1v) is 6.39. The van der Waals surface area contributed by atoms with E-state index in [4.69, 9.17) is 11.6 Å². The highest BCUT2D eigenvalue weighted by Gasteiger charge is 2.16. The second-order valence-electron chi connectivity index (χ2n) is 4.61. The first-order valence-electron chi connectivity index (χ1n) is 6.01. The molecule has 2 heterocycles. The fraction of sp³-hybridized carbons (Fsp3) is 0.154. The molecule has 108 valence electrons. The quantitative estimate of drug-likeness (QED) is 0.739. The van der Waals surface area contributed by atoms with Gasteiger partial charge in [-0.15, -0.1) is 0 Å². The summed E-state index contributed by atoms with van der Waals surface area (Å²) in [7, 11) is 2.85. The molecule has 2 aromatic heterocycles. The van der Waals surface area contributed by atoms with E-state index in [1.807, 2.05) is 0 Å². The Morgan fingerprint density at radius 3 is 2.67 bits per heavy atom. The van der Waals surface area contributed by atoms with Gasteiger partial charge >= 0.3 is 5.69 Å². The molecule has 0 fully saturated rings. The van der Waals surface area contributed by atoms with Gasteiger partial charge in [-0.25, -0.2) is 14.2 Å². The smallest absolute Gasteiger partial charge is 0.332 e. The number of benzene rings is 1. The molecule has 3 rings (SSSR count). The van der Waals surface area contributed by atoms with Gasteiger partial charge in [-0.2, -0.15) is 0 Å². The van der Waals surface area contributed by atoms with Gasteiger partial charge in [-0.3, -0.25) is 13.9 Å². The Bertz CT molecular complexity index is 986. The zero-order valence-electron chi connectivity index (χ0n) is 11.1. The van der Waals surface area contributed by atoms with Gasteiger partial charge in [0.05, 0.1) is 5.56 Å². The van der Waals surface area contributed by atoms with Crippen LogP contribution in [0.5, 0.6) is 0 Å². The molecule has 3 aromatic rings. The molecule has 0 saturated heterocycles. The van der Waals surface area contributed by atoms with E-state index in [0.717, 1.165) is 4.57 Å². The summed E-state index contributed by atoms with van der Waals surface area (Å²) in [5, 5.41) is 0.341. The van der Waals surface area contributed by atoms with Gasteiger partial charge in [0.15, 0.2) is 5.65 Å². The number of nitrogens with one attached hydrogen (secondary N) is 1. The molecule has 0 unspecified atom stereocenters. The molecule has 0 atom stereocenters. The molecule has 0 saturated carbocycles. The van der Waals surface area contributed by atoms with E-state index in [2.05, 4.69) is 9.97 Å². The number of hydrogen-bond donors (Lipinski definition) is 1. The lowest BCUT2D eigenvalue weighted by atomic mass is 10.2. The van der Waals surface area contributed by atoms with Crippen molar-refractivity contribution >= 4 is 22.8 Å². The van der Waals surface area contributed by atoms with E-state index in [-0.39, 0.29) is 22.6 Å². The van der Waals surface area contributed by atoms with E-state index in [1.54, 1.807) is 0 Å². The molecule has 0 aliphatic rings. The third kappa shape index (κ3) is 1.97. The maximum Gasteiger partial charge on any atom is 0.332 e. The van der Waals surface area contributed by atoms with Crippen LogP contribution in [-0.2, 0) is 14.1 Å². The van der Waals surface area contributed by atoms with Crippen LogP contribution in [0.4, 0.5) is 4.39 Å². The Morgan fingerprint density at radius 1 is 1.24 bits per heavy atom. The van der Waals surface area contributed by atoms with Gasteiger partial charge in [0.25, 0.3) is 5.56 Å². The number of imidazole rings is 1. The molecule has 6 nitrogen and oxygen atoms in total. The molecule has 8 heteroatoms. The summed E-state index contributed by atoms with van der Waals surface area (Å²) in [4.78, 5) is 30.8. The normalized spacial score (nSPS) is 11.2. The molecule has 1 aromatic carbocycles. The van der Waals surface area contributed by atoms with E-state index in [9.17, 15) is 14.0 Å². The summed E-state index contributed by atoms with van der Waals surface area (Å²) in [6, 6.07) is 4.02. The van der Waals surface area contributed by atoms with Gasteiger partial charge < -0.3 is 4.98 Å². The maximum atomic E-state index is 13.9. The minimum absolute atomic E-state index is 0.133. The lowest BCUT2D eigenvalue weighted by Gasteiger charge is -2.00. The van der Waals surface area contributed by atoms with E-state index < -0.39 is 17.1 Å². The SMILES string of the molecule is Cn1c(=O)c2[nH]c(-c3cc(Cl)ccc3F)nc2n(C)c1=O. The largest absolute Gasteiger partial charge is 0.332 e. The predicted molar refractivity (Wildman–Crippen MR) is 77.0 cm³/mol. The van der Waals surface area contributed by atoms with Crippen molar-refractivity contribution in [2.45, 2.75) is 0 Å². The molecule has 0 bridgehead atoms. The number of fused-ring (bicyclic) bond motifs is 1. The highest BCUT2D eigenvalue weighted by Crippen LogP contribution is 2.24.